The number of rotatable bonds is 4. The Morgan fingerprint density at radius 3 is 2.53 bits per heavy atom. The highest BCUT2D eigenvalue weighted by Gasteiger charge is 2.09. The smallest absolute Gasteiger partial charge is 0.328 e. The minimum atomic E-state index is -3.71. The van der Waals surface area contributed by atoms with Crippen LogP contribution in [0.25, 0.3) is 6.08 Å². The van der Waals surface area contributed by atoms with E-state index in [2.05, 4.69) is 4.18 Å². The minimum absolute atomic E-state index is 0.208. The second-order valence-electron chi connectivity index (χ2n) is 3.19. The Morgan fingerprint density at radius 2 is 2.06 bits per heavy atom. The number of aromatic hydroxyl groups is 1. The first-order valence-corrected chi connectivity index (χ1v) is 6.23. The topological polar surface area (TPSA) is 101 Å². The molecule has 1 aromatic rings. The number of carboxylic acids is 1. The van der Waals surface area contributed by atoms with Crippen LogP contribution in [0.3, 0.4) is 0 Å². The van der Waals surface area contributed by atoms with E-state index in [1.54, 1.807) is 0 Å². The second kappa shape index (κ2) is 4.88. The van der Waals surface area contributed by atoms with Gasteiger partial charge in [-0.05, 0) is 23.8 Å². The molecule has 0 bridgehead atoms. The largest absolute Gasteiger partial charge is 0.504 e. The Bertz CT molecular complexity index is 558. The molecule has 0 saturated heterocycles. The molecular weight excluding hydrogens is 248 g/mol. The van der Waals surface area contributed by atoms with Gasteiger partial charge in [0.05, 0.1) is 6.26 Å². The van der Waals surface area contributed by atoms with Gasteiger partial charge in [-0.15, -0.1) is 0 Å². The maximum atomic E-state index is 10.8. The van der Waals surface area contributed by atoms with Crippen molar-refractivity contribution < 1.29 is 27.6 Å². The van der Waals surface area contributed by atoms with E-state index in [-0.39, 0.29) is 11.5 Å². The number of phenolic OH excluding ortho intramolecular Hbond substituents is 1. The zero-order valence-electron chi connectivity index (χ0n) is 8.82. The summed E-state index contributed by atoms with van der Waals surface area (Å²) in [5.41, 5.74) is 0.408. The highest BCUT2D eigenvalue weighted by molar-refractivity contribution is 7.86. The van der Waals surface area contributed by atoms with Crippen LogP contribution in [-0.2, 0) is 14.9 Å². The van der Waals surface area contributed by atoms with Crippen molar-refractivity contribution in [2.24, 2.45) is 0 Å². The van der Waals surface area contributed by atoms with Crippen LogP contribution in [0.4, 0.5) is 0 Å². The third-order valence-electron chi connectivity index (χ3n) is 1.64. The Balaban J connectivity index is 2.98. The van der Waals surface area contributed by atoms with Crippen LogP contribution in [0, 0.1) is 0 Å². The monoisotopic (exact) mass is 258 g/mol. The predicted octanol–water partition coefficient (Wildman–Crippen LogP) is 0.828. The number of hydrogen-bond donors (Lipinski definition) is 2. The zero-order valence-corrected chi connectivity index (χ0v) is 9.64. The summed E-state index contributed by atoms with van der Waals surface area (Å²) in [6.45, 7) is 0. The lowest BCUT2D eigenvalue weighted by Crippen LogP contribution is -2.05. The highest BCUT2D eigenvalue weighted by atomic mass is 32.2. The summed E-state index contributed by atoms with van der Waals surface area (Å²) in [7, 11) is -3.71. The normalized spacial score (nSPS) is 11.6. The molecule has 0 aliphatic rings. The molecule has 0 aromatic heterocycles. The Morgan fingerprint density at radius 1 is 1.41 bits per heavy atom. The van der Waals surface area contributed by atoms with Gasteiger partial charge in [0.25, 0.3) is 0 Å². The SMILES string of the molecule is CS(=O)(=O)Oc1ccc(C=CC(=O)O)cc1O. The predicted molar refractivity (Wildman–Crippen MR) is 60.2 cm³/mol. The molecular formula is C10H10O6S. The standard InChI is InChI=1S/C10H10O6S/c1-17(14,15)16-9-4-2-7(6-8(9)11)3-5-10(12)13/h2-6,11H,1H3,(H,12,13). The molecule has 0 atom stereocenters. The van der Waals surface area contributed by atoms with Crippen molar-refractivity contribution in [1.82, 2.24) is 0 Å². The van der Waals surface area contributed by atoms with Crippen LogP contribution < -0.4 is 4.18 Å². The molecule has 0 unspecified atom stereocenters. The summed E-state index contributed by atoms with van der Waals surface area (Å²) in [6, 6.07) is 3.84. The van der Waals surface area contributed by atoms with Gasteiger partial charge >= 0.3 is 16.1 Å². The Kier molecular flexibility index (Phi) is 3.74. The van der Waals surface area contributed by atoms with E-state index in [4.69, 9.17) is 5.11 Å². The van der Waals surface area contributed by atoms with E-state index in [1.165, 1.54) is 24.3 Å². The average Bonchev–Trinajstić information content (AvgIpc) is 2.17. The van der Waals surface area contributed by atoms with Gasteiger partial charge < -0.3 is 14.4 Å². The van der Waals surface area contributed by atoms with Crippen molar-refractivity contribution in [2.45, 2.75) is 0 Å². The quantitative estimate of drug-likeness (QED) is 0.612. The Labute approximate surface area is 97.9 Å². The minimum Gasteiger partial charge on any atom is -0.504 e. The summed E-state index contributed by atoms with van der Waals surface area (Å²) in [6.07, 6.45) is 3.00. The van der Waals surface area contributed by atoms with Gasteiger partial charge in [-0.1, -0.05) is 6.07 Å². The molecule has 0 saturated carbocycles. The molecule has 92 valence electrons. The number of benzene rings is 1. The molecule has 1 aromatic carbocycles. The van der Waals surface area contributed by atoms with Gasteiger partial charge in [-0.2, -0.15) is 8.42 Å². The maximum Gasteiger partial charge on any atom is 0.328 e. The van der Waals surface area contributed by atoms with Crippen LogP contribution >= 0.6 is 0 Å². The van der Waals surface area contributed by atoms with E-state index in [0.29, 0.717) is 5.56 Å². The average molecular weight is 258 g/mol. The van der Waals surface area contributed by atoms with Crippen LogP contribution in [0.1, 0.15) is 5.56 Å². The fourth-order valence-corrected chi connectivity index (χ4v) is 1.51. The molecule has 0 fully saturated rings. The molecule has 2 N–H and O–H groups in total. The molecule has 0 radical (unpaired) electrons. The van der Waals surface area contributed by atoms with Crippen molar-refractivity contribution >= 4 is 22.2 Å². The molecule has 7 heteroatoms. The fourth-order valence-electron chi connectivity index (χ4n) is 1.04. The summed E-state index contributed by atoms with van der Waals surface area (Å²) >= 11 is 0. The third-order valence-corrected chi connectivity index (χ3v) is 2.12. The molecule has 0 amide bonds. The fraction of sp³-hybridized carbons (Fsp3) is 0.100. The van der Waals surface area contributed by atoms with Gasteiger partial charge in [0, 0.05) is 6.08 Å². The third kappa shape index (κ3) is 4.56. The number of phenols is 1. The highest BCUT2D eigenvalue weighted by Crippen LogP contribution is 2.28. The summed E-state index contributed by atoms with van der Waals surface area (Å²) in [4.78, 5) is 10.3. The van der Waals surface area contributed by atoms with Gasteiger partial charge in [0.15, 0.2) is 11.5 Å². The summed E-state index contributed by atoms with van der Waals surface area (Å²) < 4.78 is 26.2. The van der Waals surface area contributed by atoms with Crippen molar-refractivity contribution in [2.75, 3.05) is 6.26 Å². The zero-order chi connectivity index (χ0) is 13.1. The van der Waals surface area contributed by atoms with Crippen molar-refractivity contribution in [3.63, 3.8) is 0 Å². The number of carboxylic acid groups (broad SMARTS) is 1. The van der Waals surface area contributed by atoms with Crippen molar-refractivity contribution in [1.29, 1.82) is 0 Å². The van der Waals surface area contributed by atoms with E-state index in [0.717, 1.165) is 12.3 Å². The molecule has 1 rings (SSSR count). The molecule has 17 heavy (non-hydrogen) atoms. The van der Waals surface area contributed by atoms with E-state index in [9.17, 15) is 18.3 Å². The number of hydrogen-bond acceptors (Lipinski definition) is 5. The van der Waals surface area contributed by atoms with Gasteiger partial charge in [0.2, 0.25) is 0 Å². The summed E-state index contributed by atoms with van der Waals surface area (Å²) in [5.74, 6) is -1.72. The lowest BCUT2D eigenvalue weighted by Gasteiger charge is -2.05. The van der Waals surface area contributed by atoms with Gasteiger partial charge in [0.1, 0.15) is 0 Å². The number of carbonyl (C=O) groups is 1. The molecule has 6 nitrogen and oxygen atoms in total. The molecule has 0 aliphatic heterocycles. The van der Waals surface area contributed by atoms with E-state index >= 15 is 0 Å². The molecule has 0 aliphatic carbocycles. The van der Waals surface area contributed by atoms with E-state index in [1.807, 2.05) is 0 Å². The van der Waals surface area contributed by atoms with Crippen molar-refractivity contribution in [3.05, 3.63) is 29.8 Å². The Hall–Kier alpha value is -2.02. The van der Waals surface area contributed by atoms with Crippen LogP contribution in [0.2, 0.25) is 0 Å². The van der Waals surface area contributed by atoms with Crippen molar-refractivity contribution in [3.8, 4) is 11.5 Å². The lowest BCUT2D eigenvalue weighted by atomic mass is 10.2. The van der Waals surface area contributed by atoms with Crippen LogP contribution in [0.5, 0.6) is 11.5 Å². The lowest BCUT2D eigenvalue weighted by molar-refractivity contribution is -0.131. The first kappa shape index (κ1) is 13.0. The summed E-state index contributed by atoms with van der Waals surface area (Å²) in [5, 5.41) is 17.8. The first-order valence-electron chi connectivity index (χ1n) is 4.41. The van der Waals surface area contributed by atoms with Gasteiger partial charge in [-0.25, -0.2) is 4.79 Å². The first-order chi connectivity index (χ1) is 7.78. The van der Waals surface area contributed by atoms with Crippen LogP contribution in [0.15, 0.2) is 24.3 Å². The maximum absolute atomic E-state index is 10.8. The van der Waals surface area contributed by atoms with Crippen LogP contribution in [-0.4, -0.2) is 30.9 Å². The number of aliphatic carboxylic acids is 1. The molecule has 0 heterocycles. The molecule has 0 spiro atoms. The van der Waals surface area contributed by atoms with Gasteiger partial charge in [-0.3, -0.25) is 0 Å². The van der Waals surface area contributed by atoms with E-state index < -0.39 is 16.1 Å². The second-order valence-corrected chi connectivity index (χ2v) is 4.76.